The predicted octanol–water partition coefficient (Wildman–Crippen LogP) is 3.96. The molecule has 2 aliphatic heterocycles. The summed E-state index contributed by atoms with van der Waals surface area (Å²) in [4.78, 5) is 18.9. The third kappa shape index (κ3) is 4.36. The Bertz CT molecular complexity index is 1240. The molecule has 166 valence electrons. The van der Waals surface area contributed by atoms with E-state index in [1.165, 1.54) is 5.56 Å². The molecule has 1 saturated heterocycles. The molecule has 1 aromatic heterocycles. The van der Waals surface area contributed by atoms with Gasteiger partial charge in [0.2, 0.25) is 5.95 Å². The van der Waals surface area contributed by atoms with Crippen LogP contribution in [-0.2, 0) is 11.2 Å². The van der Waals surface area contributed by atoms with Crippen LogP contribution in [-0.4, -0.2) is 49.2 Å². The first kappa shape index (κ1) is 20.9. The summed E-state index contributed by atoms with van der Waals surface area (Å²) in [6, 6.07) is 17.8. The van der Waals surface area contributed by atoms with Gasteiger partial charge < -0.3 is 19.9 Å². The lowest BCUT2D eigenvalue weighted by atomic mass is 10.2. The quantitative estimate of drug-likeness (QED) is 0.658. The molecule has 8 heteroatoms. The van der Waals surface area contributed by atoms with Crippen LogP contribution in [0.4, 0.5) is 28.8 Å². The van der Waals surface area contributed by atoms with Gasteiger partial charge >= 0.3 is 0 Å². The van der Waals surface area contributed by atoms with Crippen LogP contribution in [0.25, 0.3) is 0 Å². The Balaban J connectivity index is 1.49. The van der Waals surface area contributed by atoms with Crippen LogP contribution >= 0.6 is 0 Å². The molecule has 8 nitrogen and oxygen atoms in total. The van der Waals surface area contributed by atoms with Gasteiger partial charge in [0.1, 0.15) is 11.5 Å². The number of benzene rings is 2. The van der Waals surface area contributed by atoms with Gasteiger partial charge in [-0.15, -0.1) is 0 Å². The van der Waals surface area contributed by atoms with E-state index in [1.807, 2.05) is 36.2 Å². The molecule has 0 radical (unpaired) electrons. The molecule has 0 bridgehead atoms. The van der Waals surface area contributed by atoms with Gasteiger partial charge in [0.05, 0.1) is 37.0 Å². The van der Waals surface area contributed by atoms with Crippen LogP contribution in [0.2, 0.25) is 0 Å². The molecule has 1 fully saturated rings. The van der Waals surface area contributed by atoms with Crippen LogP contribution in [0.1, 0.15) is 16.8 Å². The number of rotatable bonds is 4. The number of nitriles is 1. The monoisotopic (exact) mass is 439 g/mol. The Morgan fingerprint density at radius 3 is 2.61 bits per heavy atom. The van der Waals surface area contributed by atoms with Crippen molar-refractivity contribution >= 4 is 34.7 Å². The first-order chi connectivity index (χ1) is 16.1. The molecule has 0 spiro atoms. The van der Waals surface area contributed by atoms with Crippen molar-refractivity contribution in [3.05, 3.63) is 65.4 Å². The first-order valence-corrected chi connectivity index (χ1v) is 11.0. The van der Waals surface area contributed by atoms with Gasteiger partial charge in [-0.3, -0.25) is 0 Å². The molecular weight excluding hydrogens is 414 g/mol. The average Bonchev–Trinajstić information content (AvgIpc) is 3.26. The lowest BCUT2D eigenvalue weighted by Crippen LogP contribution is -2.37. The Hall–Kier alpha value is -3.96. The van der Waals surface area contributed by atoms with E-state index in [2.05, 4.69) is 35.3 Å². The van der Waals surface area contributed by atoms with Crippen molar-refractivity contribution in [1.29, 1.82) is 5.26 Å². The van der Waals surface area contributed by atoms with Gasteiger partial charge in [-0.25, -0.2) is 9.98 Å². The number of hydrogen-bond donors (Lipinski definition) is 1. The van der Waals surface area contributed by atoms with E-state index in [4.69, 9.17) is 25.0 Å². The fourth-order valence-electron chi connectivity index (χ4n) is 4.03. The highest BCUT2D eigenvalue weighted by molar-refractivity contribution is 6.03. The van der Waals surface area contributed by atoms with Crippen molar-refractivity contribution in [3.63, 3.8) is 0 Å². The number of amidine groups is 1. The van der Waals surface area contributed by atoms with Crippen molar-refractivity contribution in [1.82, 2.24) is 9.97 Å². The smallest absolute Gasteiger partial charge is 0.232 e. The summed E-state index contributed by atoms with van der Waals surface area (Å²) < 4.78 is 5.55. The third-order valence-electron chi connectivity index (χ3n) is 5.81. The van der Waals surface area contributed by atoms with Crippen molar-refractivity contribution in [2.75, 3.05) is 48.5 Å². The number of ether oxygens (including phenoxy) is 1. The van der Waals surface area contributed by atoms with Crippen molar-refractivity contribution in [3.8, 4) is 6.07 Å². The maximum Gasteiger partial charge on any atom is 0.232 e. The maximum atomic E-state index is 9.09. The standard InChI is InChI=1S/C25H25N7O/c1-17-4-3-5-19(14-17)27-22-15-21-23(29-22)24(32-10-12-33-13-11-32)30-25(28-21)31(2)20-8-6-18(16-26)7-9-20/h3-9,14H,10-13,15H2,1-2H3,(H,27,29). The van der Waals surface area contributed by atoms with Crippen LogP contribution in [0.3, 0.4) is 0 Å². The molecule has 0 atom stereocenters. The number of aromatic nitrogens is 2. The fourth-order valence-corrected chi connectivity index (χ4v) is 4.03. The van der Waals surface area contributed by atoms with Gasteiger partial charge in [-0.1, -0.05) is 12.1 Å². The van der Waals surface area contributed by atoms with Crippen LogP contribution in [0.5, 0.6) is 0 Å². The van der Waals surface area contributed by atoms with E-state index in [9.17, 15) is 0 Å². The number of fused-ring (bicyclic) bond motifs is 1. The zero-order valence-electron chi connectivity index (χ0n) is 18.7. The van der Waals surface area contributed by atoms with Gasteiger partial charge in [0, 0.05) is 31.5 Å². The molecule has 0 amide bonds. The number of anilines is 4. The maximum absolute atomic E-state index is 9.09. The molecule has 0 unspecified atom stereocenters. The molecule has 0 saturated carbocycles. The molecule has 0 aliphatic carbocycles. The van der Waals surface area contributed by atoms with Crippen molar-refractivity contribution < 1.29 is 4.74 Å². The zero-order valence-corrected chi connectivity index (χ0v) is 18.7. The second-order valence-electron chi connectivity index (χ2n) is 8.19. The molecule has 5 rings (SSSR count). The summed E-state index contributed by atoms with van der Waals surface area (Å²) in [5.74, 6) is 2.30. The Morgan fingerprint density at radius 1 is 1.09 bits per heavy atom. The zero-order chi connectivity index (χ0) is 22.8. The van der Waals surface area contributed by atoms with E-state index in [-0.39, 0.29) is 0 Å². The van der Waals surface area contributed by atoms with Gasteiger partial charge in [-0.05, 0) is 48.9 Å². The Morgan fingerprint density at radius 2 is 1.88 bits per heavy atom. The second-order valence-corrected chi connectivity index (χ2v) is 8.19. The van der Waals surface area contributed by atoms with E-state index >= 15 is 0 Å². The van der Waals surface area contributed by atoms with E-state index in [0.29, 0.717) is 31.1 Å². The minimum absolute atomic E-state index is 0.604. The molecule has 1 N–H and O–H groups in total. The summed E-state index contributed by atoms with van der Waals surface area (Å²) in [5, 5.41) is 12.5. The highest BCUT2D eigenvalue weighted by Crippen LogP contribution is 2.37. The van der Waals surface area contributed by atoms with Gasteiger partial charge in [0.15, 0.2) is 5.82 Å². The summed E-state index contributed by atoms with van der Waals surface area (Å²) in [5.41, 5.74) is 5.46. The first-order valence-electron chi connectivity index (χ1n) is 11.0. The van der Waals surface area contributed by atoms with Gasteiger partial charge in [-0.2, -0.15) is 10.2 Å². The SMILES string of the molecule is Cc1cccc(NC2=Nc3c(nc(N(C)c4ccc(C#N)cc4)nc3N3CCOCC3)C2)c1. The van der Waals surface area contributed by atoms with E-state index < -0.39 is 0 Å². The van der Waals surface area contributed by atoms with Crippen molar-refractivity contribution in [2.45, 2.75) is 13.3 Å². The largest absolute Gasteiger partial charge is 0.378 e. The summed E-state index contributed by atoms with van der Waals surface area (Å²) in [7, 11) is 1.94. The molecule has 3 heterocycles. The lowest BCUT2D eigenvalue weighted by Gasteiger charge is -2.29. The predicted molar refractivity (Wildman–Crippen MR) is 130 cm³/mol. The topological polar surface area (TPSA) is 89.7 Å². The van der Waals surface area contributed by atoms with Crippen molar-refractivity contribution in [2.24, 2.45) is 4.99 Å². The fraction of sp³-hybridized carbons (Fsp3) is 0.280. The van der Waals surface area contributed by atoms with E-state index in [0.717, 1.165) is 47.5 Å². The second kappa shape index (κ2) is 8.88. The number of nitrogens with one attached hydrogen (secondary N) is 1. The third-order valence-corrected chi connectivity index (χ3v) is 5.81. The number of nitrogens with zero attached hydrogens (tertiary/aromatic N) is 6. The normalized spacial score (nSPS) is 14.9. The number of hydrogen-bond acceptors (Lipinski definition) is 8. The lowest BCUT2D eigenvalue weighted by molar-refractivity contribution is 0.122. The Kier molecular flexibility index (Phi) is 5.63. The molecule has 2 aliphatic rings. The summed E-state index contributed by atoms with van der Waals surface area (Å²) >= 11 is 0. The molecule has 3 aromatic rings. The highest BCUT2D eigenvalue weighted by atomic mass is 16.5. The highest BCUT2D eigenvalue weighted by Gasteiger charge is 2.27. The number of morpholine rings is 1. The summed E-state index contributed by atoms with van der Waals surface area (Å²) in [6.07, 6.45) is 0.608. The molecular formula is C25H25N7O. The van der Waals surface area contributed by atoms with Crippen LogP contribution in [0, 0.1) is 18.3 Å². The minimum atomic E-state index is 0.604. The summed E-state index contributed by atoms with van der Waals surface area (Å²) in [6.45, 7) is 4.93. The average molecular weight is 440 g/mol. The van der Waals surface area contributed by atoms with Crippen LogP contribution in [0.15, 0.2) is 53.5 Å². The minimum Gasteiger partial charge on any atom is -0.378 e. The molecule has 33 heavy (non-hydrogen) atoms. The van der Waals surface area contributed by atoms with E-state index in [1.54, 1.807) is 12.1 Å². The van der Waals surface area contributed by atoms with Gasteiger partial charge in [0.25, 0.3) is 0 Å². The Labute approximate surface area is 193 Å². The molecule has 2 aromatic carbocycles. The van der Waals surface area contributed by atoms with Crippen LogP contribution < -0.4 is 15.1 Å². The number of aryl methyl sites for hydroxylation is 1. The number of aliphatic imine (C=N–C) groups is 1.